The number of hydrogen-bond acceptors (Lipinski definition) is 3. The minimum absolute atomic E-state index is 0.0296. The number of halogens is 3. The molecule has 2 heterocycles. The first kappa shape index (κ1) is 15.8. The van der Waals surface area contributed by atoms with Crippen LogP contribution < -0.4 is 5.32 Å². The number of nitrogens with zero attached hydrogens (tertiary/aromatic N) is 1. The quantitative estimate of drug-likeness (QED) is 0.925. The Labute approximate surface area is 123 Å². The van der Waals surface area contributed by atoms with Gasteiger partial charge >= 0.3 is 12.1 Å². The van der Waals surface area contributed by atoms with Crippen LogP contribution in [0.15, 0.2) is 17.5 Å². The topological polar surface area (TPSA) is 49.4 Å². The Kier molecular flexibility index (Phi) is 4.87. The molecule has 21 heavy (non-hydrogen) atoms. The molecule has 4 nitrogen and oxygen atoms in total. The average molecular weight is 320 g/mol. The van der Waals surface area contributed by atoms with Gasteiger partial charge in [-0.25, -0.2) is 0 Å². The van der Waals surface area contributed by atoms with E-state index in [1.165, 1.54) is 11.3 Å². The molecular weight excluding hydrogens is 305 g/mol. The summed E-state index contributed by atoms with van der Waals surface area (Å²) in [7, 11) is 0. The number of thiophene rings is 1. The first-order valence-electron chi connectivity index (χ1n) is 6.54. The number of nitrogens with one attached hydrogen (secondary N) is 1. The van der Waals surface area contributed by atoms with Crippen molar-refractivity contribution < 1.29 is 22.8 Å². The molecule has 0 atom stereocenters. The van der Waals surface area contributed by atoms with E-state index < -0.39 is 18.1 Å². The van der Waals surface area contributed by atoms with Gasteiger partial charge in [0.2, 0.25) is 5.91 Å². The van der Waals surface area contributed by atoms with Crippen LogP contribution in [0.1, 0.15) is 17.7 Å². The molecule has 1 aliphatic rings. The lowest BCUT2D eigenvalue weighted by molar-refractivity contribution is -0.174. The van der Waals surface area contributed by atoms with Gasteiger partial charge in [-0.05, 0) is 24.3 Å². The second kappa shape index (κ2) is 6.46. The summed E-state index contributed by atoms with van der Waals surface area (Å²) in [4.78, 5) is 25.5. The summed E-state index contributed by atoms with van der Waals surface area (Å²) in [6, 6.07) is 3.22. The van der Waals surface area contributed by atoms with E-state index in [1.54, 1.807) is 4.90 Å². The smallest absolute Gasteiger partial charge is 0.345 e. The van der Waals surface area contributed by atoms with Crippen molar-refractivity contribution in [1.29, 1.82) is 0 Å². The van der Waals surface area contributed by atoms with E-state index in [0.717, 1.165) is 4.88 Å². The maximum Gasteiger partial charge on any atom is 0.471 e. The Balaban J connectivity index is 1.78. The average Bonchev–Trinajstić information content (AvgIpc) is 2.91. The number of piperidine rings is 1. The third kappa shape index (κ3) is 4.45. The van der Waals surface area contributed by atoms with Gasteiger partial charge in [-0.3, -0.25) is 9.59 Å². The molecule has 2 rings (SSSR count). The summed E-state index contributed by atoms with van der Waals surface area (Å²) < 4.78 is 36.4. The largest absolute Gasteiger partial charge is 0.471 e. The van der Waals surface area contributed by atoms with Gasteiger partial charge in [0, 0.05) is 24.0 Å². The zero-order valence-electron chi connectivity index (χ0n) is 11.2. The van der Waals surface area contributed by atoms with Crippen LogP contribution in [0.2, 0.25) is 0 Å². The van der Waals surface area contributed by atoms with E-state index in [4.69, 9.17) is 0 Å². The van der Waals surface area contributed by atoms with Crippen LogP contribution in [0.5, 0.6) is 0 Å². The molecule has 0 radical (unpaired) electrons. The van der Waals surface area contributed by atoms with Crippen molar-refractivity contribution in [1.82, 2.24) is 10.2 Å². The zero-order valence-corrected chi connectivity index (χ0v) is 12.0. The van der Waals surface area contributed by atoms with E-state index in [0.29, 0.717) is 32.4 Å². The molecule has 0 saturated carbocycles. The lowest BCUT2D eigenvalue weighted by atomic mass is 10.0. The Bertz CT molecular complexity index is 494. The predicted octanol–water partition coefficient (Wildman–Crippen LogP) is 1.96. The van der Waals surface area contributed by atoms with E-state index in [-0.39, 0.29) is 5.91 Å². The third-order valence-electron chi connectivity index (χ3n) is 3.35. The molecule has 1 fully saturated rings. The van der Waals surface area contributed by atoms with Crippen LogP contribution in [0.4, 0.5) is 13.2 Å². The Morgan fingerprint density at radius 3 is 2.52 bits per heavy atom. The second-order valence-corrected chi connectivity index (χ2v) is 5.91. The Morgan fingerprint density at radius 2 is 2.00 bits per heavy atom. The highest BCUT2D eigenvalue weighted by Gasteiger charge is 2.40. The molecule has 1 N–H and O–H groups in total. The van der Waals surface area contributed by atoms with Crippen molar-refractivity contribution in [3.8, 4) is 0 Å². The van der Waals surface area contributed by atoms with E-state index in [9.17, 15) is 22.8 Å². The highest BCUT2D eigenvalue weighted by molar-refractivity contribution is 7.10. The molecule has 0 unspecified atom stereocenters. The van der Waals surface area contributed by atoms with Crippen molar-refractivity contribution in [3.05, 3.63) is 22.4 Å². The van der Waals surface area contributed by atoms with Crippen molar-refractivity contribution >= 4 is 23.2 Å². The number of rotatable bonds is 3. The van der Waals surface area contributed by atoms with Gasteiger partial charge < -0.3 is 10.2 Å². The summed E-state index contributed by atoms with van der Waals surface area (Å²) >= 11 is 1.50. The third-order valence-corrected chi connectivity index (χ3v) is 4.22. The second-order valence-electron chi connectivity index (χ2n) is 4.88. The van der Waals surface area contributed by atoms with Gasteiger partial charge in [-0.2, -0.15) is 13.2 Å². The van der Waals surface area contributed by atoms with Gasteiger partial charge in [-0.15, -0.1) is 11.3 Å². The van der Waals surface area contributed by atoms with Gasteiger partial charge in [-0.1, -0.05) is 6.07 Å². The molecule has 1 saturated heterocycles. The maximum atomic E-state index is 12.1. The Hall–Kier alpha value is -1.57. The SMILES string of the molecule is O=C(Cc1cccs1)N1CCC(NC(=O)C(F)(F)F)CC1. The molecule has 0 aliphatic carbocycles. The summed E-state index contributed by atoms with van der Waals surface area (Å²) in [5.74, 6) is -1.94. The molecule has 1 aromatic heterocycles. The molecule has 1 aromatic rings. The predicted molar refractivity (Wildman–Crippen MR) is 71.8 cm³/mol. The minimum Gasteiger partial charge on any atom is -0.345 e. The van der Waals surface area contributed by atoms with Crippen molar-refractivity contribution in [2.75, 3.05) is 13.1 Å². The number of carbonyl (C=O) groups is 2. The van der Waals surface area contributed by atoms with Crippen LogP contribution in [-0.2, 0) is 16.0 Å². The molecule has 8 heteroatoms. The first-order valence-corrected chi connectivity index (χ1v) is 7.42. The fourth-order valence-electron chi connectivity index (χ4n) is 2.21. The van der Waals surface area contributed by atoms with Gasteiger partial charge in [0.25, 0.3) is 0 Å². The first-order chi connectivity index (χ1) is 9.86. The highest BCUT2D eigenvalue weighted by Crippen LogP contribution is 2.18. The van der Waals surface area contributed by atoms with Crippen molar-refractivity contribution in [2.24, 2.45) is 0 Å². The number of likely N-dealkylation sites (tertiary alicyclic amines) is 1. The number of carbonyl (C=O) groups excluding carboxylic acids is 2. The molecular formula is C13H15F3N2O2S. The fourth-order valence-corrected chi connectivity index (χ4v) is 2.91. The van der Waals surface area contributed by atoms with Crippen LogP contribution in [0, 0.1) is 0 Å². The lowest BCUT2D eigenvalue weighted by Gasteiger charge is -2.32. The highest BCUT2D eigenvalue weighted by atomic mass is 32.1. The molecule has 0 spiro atoms. The van der Waals surface area contributed by atoms with Crippen molar-refractivity contribution in [3.63, 3.8) is 0 Å². The summed E-state index contributed by atoms with van der Waals surface area (Å²) in [5, 5.41) is 3.85. The van der Waals surface area contributed by atoms with Crippen LogP contribution >= 0.6 is 11.3 Å². The summed E-state index contributed by atoms with van der Waals surface area (Å²) in [5.41, 5.74) is 0. The van der Waals surface area contributed by atoms with E-state index in [1.807, 2.05) is 22.8 Å². The number of alkyl halides is 3. The molecule has 1 aliphatic heterocycles. The van der Waals surface area contributed by atoms with Gasteiger partial charge in [0.05, 0.1) is 6.42 Å². The zero-order chi connectivity index (χ0) is 15.5. The molecule has 2 amide bonds. The van der Waals surface area contributed by atoms with E-state index in [2.05, 4.69) is 0 Å². The number of hydrogen-bond donors (Lipinski definition) is 1. The van der Waals surface area contributed by atoms with Crippen LogP contribution in [0.25, 0.3) is 0 Å². The Morgan fingerprint density at radius 1 is 1.33 bits per heavy atom. The molecule has 0 aromatic carbocycles. The molecule has 0 bridgehead atoms. The molecule has 116 valence electrons. The number of amides is 2. The van der Waals surface area contributed by atoms with Gasteiger partial charge in [0.15, 0.2) is 0 Å². The van der Waals surface area contributed by atoms with Crippen molar-refractivity contribution in [2.45, 2.75) is 31.5 Å². The summed E-state index contributed by atoms with van der Waals surface area (Å²) in [6.45, 7) is 0.736. The standard InChI is InChI=1S/C13H15F3N2O2S/c14-13(15,16)12(20)17-9-3-5-18(6-4-9)11(19)8-10-2-1-7-21-10/h1-2,7,9H,3-6,8H2,(H,17,20). The minimum atomic E-state index is -4.86. The maximum absolute atomic E-state index is 12.1. The lowest BCUT2D eigenvalue weighted by Crippen LogP contribution is -2.49. The van der Waals surface area contributed by atoms with Crippen LogP contribution in [-0.4, -0.2) is 42.0 Å². The monoisotopic (exact) mass is 320 g/mol. The van der Waals surface area contributed by atoms with Crippen LogP contribution in [0.3, 0.4) is 0 Å². The summed E-state index contributed by atoms with van der Waals surface area (Å²) in [6.07, 6.45) is -3.85. The van der Waals surface area contributed by atoms with Gasteiger partial charge in [0.1, 0.15) is 0 Å². The normalized spacial score (nSPS) is 16.8. The fraction of sp³-hybridized carbons (Fsp3) is 0.538. The van der Waals surface area contributed by atoms with E-state index >= 15 is 0 Å².